The zero-order valence-corrected chi connectivity index (χ0v) is 20.1. The highest BCUT2D eigenvalue weighted by molar-refractivity contribution is 14.0. The number of nitrogens with one attached hydrogen (secondary N) is 2. The molecule has 0 saturated carbocycles. The van der Waals surface area contributed by atoms with Crippen LogP contribution in [0.2, 0.25) is 0 Å². The highest BCUT2D eigenvalue weighted by Gasteiger charge is 2.18. The summed E-state index contributed by atoms with van der Waals surface area (Å²) >= 11 is 1.74. The van der Waals surface area contributed by atoms with Gasteiger partial charge in [-0.25, -0.2) is 4.98 Å². The average Bonchev–Trinajstić information content (AvgIpc) is 2.99. The molecular formula is C20H32IN5S. The first-order valence-electron chi connectivity index (χ1n) is 9.25. The molecule has 2 aromatic rings. The van der Waals surface area contributed by atoms with Crippen LogP contribution in [0.3, 0.4) is 0 Å². The molecule has 0 radical (unpaired) electrons. The summed E-state index contributed by atoms with van der Waals surface area (Å²) in [5, 5.41) is 8.01. The lowest BCUT2D eigenvalue weighted by atomic mass is 10.1. The van der Waals surface area contributed by atoms with Crippen molar-refractivity contribution in [3.05, 3.63) is 51.5 Å². The lowest BCUT2D eigenvalue weighted by Gasteiger charge is -2.30. The van der Waals surface area contributed by atoms with Gasteiger partial charge in [0.05, 0.1) is 23.3 Å². The number of halogens is 1. The molecule has 0 fully saturated rings. The number of hydrogen-bond acceptors (Lipinski definition) is 4. The molecule has 5 nitrogen and oxygen atoms in total. The molecule has 7 heteroatoms. The van der Waals surface area contributed by atoms with E-state index in [2.05, 4.69) is 76.6 Å². The Hall–Kier alpha value is -1.19. The third kappa shape index (κ3) is 7.04. The lowest BCUT2D eigenvalue weighted by molar-refractivity contribution is 0.219. The number of rotatable bonds is 8. The molecular weight excluding hydrogens is 469 g/mol. The third-order valence-electron chi connectivity index (χ3n) is 4.54. The first-order chi connectivity index (χ1) is 12.6. The van der Waals surface area contributed by atoms with Gasteiger partial charge in [-0.2, -0.15) is 0 Å². The highest BCUT2D eigenvalue weighted by Crippen LogP contribution is 2.19. The summed E-state index contributed by atoms with van der Waals surface area (Å²) in [6, 6.07) is 11.0. The van der Waals surface area contributed by atoms with Gasteiger partial charge in [0.1, 0.15) is 0 Å². The molecule has 2 rings (SSSR count). The molecule has 1 aromatic carbocycles. The van der Waals surface area contributed by atoms with Crippen LogP contribution in [0.1, 0.15) is 41.0 Å². The van der Waals surface area contributed by atoms with Crippen molar-refractivity contribution in [2.45, 2.75) is 40.3 Å². The van der Waals surface area contributed by atoms with Crippen LogP contribution in [0.4, 0.5) is 0 Å². The number of aromatic nitrogens is 1. The van der Waals surface area contributed by atoms with E-state index in [4.69, 9.17) is 0 Å². The minimum absolute atomic E-state index is 0. The summed E-state index contributed by atoms with van der Waals surface area (Å²) in [6.07, 6.45) is 0. The van der Waals surface area contributed by atoms with E-state index in [1.165, 1.54) is 10.4 Å². The molecule has 1 heterocycles. The van der Waals surface area contributed by atoms with E-state index in [1.807, 2.05) is 14.0 Å². The maximum atomic E-state index is 4.49. The zero-order valence-electron chi connectivity index (χ0n) is 17.0. The molecule has 2 N–H and O–H groups in total. The summed E-state index contributed by atoms with van der Waals surface area (Å²) in [6.45, 7) is 12.1. The topological polar surface area (TPSA) is 52.5 Å². The van der Waals surface area contributed by atoms with E-state index in [9.17, 15) is 0 Å². The van der Waals surface area contributed by atoms with Crippen molar-refractivity contribution in [1.29, 1.82) is 0 Å². The van der Waals surface area contributed by atoms with Crippen molar-refractivity contribution in [2.75, 3.05) is 26.7 Å². The van der Waals surface area contributed by atoms with Crippen molar-refractivity contribution in [3.63, 3.8) is 0 Å². The van der Waals surface area contributed by atoms with Crippen LogP contribution in [-0.4, -0.2) is 42.5 Å². The highest BCUT2D eigenvalue weighted by atomic mass is 127. The SMILES string of the molecule is CCN(CC)C(CNC(=NC)NCc1sc(C)nc1C)c1ccccc1.I. The molecule has 0 bridgehead atoms. The smallest absolute Gasteiger partial charge is 0.191 e. The van der Waals surface area contributed by atoms with Gasteiger partial charge in [-0.05, 0) is 32.5 Å². The second kappa shape index (κ2) is 12.3. The summed E-state index contributed by atoms with van der Waals surface area (Å²) in [4.78, 5) is 12.6. The van der Waals surface area contributed by atoms with Crippen LogP contribution in [0.5, 0.6) is 0 Å². The van der Waals surface area contributed by atoms with Gasteiger partial charge in [0.25, 0.3) is 0 Å². The Balaban J connectivity index is 0.00000364. The van der Waals surface area contributed by atoms with E-state index >= 15 is 0 Å². The van der Waals surface area contributed by atoms with Gasteiger partial charge in [-0.15, -0.1) is 35.3 Å². The quantitative estimate of drug-likeness (QED) is 0.325. The fraction of sp³-hybridized carbons (Fsp3) is 0.500. The first-order valence-corrected chi connectivity index (χ1v) is 10.1. The number of thiazole rings is 1. The van der Waals surface area contributed by atoms with Crippen LogP contribution in [0.15, 0.2) is 35.3 Å². The zero-order chi connectivity index (χ0) is 18.9. The molecule has 0 amide bonds. The molecule has 0 saturated heterocycles. The van der Waals surface area contributed by atoms with Gasteiger partial charge < -0.3 is 10.6 Å². The third-order valence-corrected chi connectivity index (χ3v) is 5.61. The number of hydrogen-bond donors (Lipinski definition) is 2. The molecule has 0 aliphatic heterocycles. The summed E-state index contributed by atoms with van der Waals surface area (Å²) < 4.78 is 0. The fourth-order valence-electron chi connectivity index (χ4n) is 3.11. The van der Waals surface area contributed by atoms with Gasteiger partial charge in [-0.3, -0.25) is 9.89 Å². The van der Waals surface area contributed by atoms with Crippen LogP contribution < -0.4 is 10.6 Å². The molecule has 1 aromatic heterocycles. The van der Waals surface area contributed by atoms with Gasteiger partial charge in [-0.1, -0.05) is 44.2 Å². The molecule has 1 atom stereocenters. The van der Waals surface area contributed by atoms with Crippen LogP contribution in [-0.2, 0) is 6.54 Å². The van der Waals surface area contributed by atoms with Crippen molar-refractivity contribution < 1.29 is 0 Å². The molecule has 150 valence electrons. The van der Waals surface area contributed by atoms with Crippen molar-refractivity contribution in [3.8, 4) is 0 Å². The van der Waals surface area contributed by atoms with Crippen molar-refractivity contribution in [1.82, 2.24) is 20.5 Å². The van der Waals surface area contributed by atoms with Crippen molar-refractivity contribution in [2.24, 2.45) is 4.99 Å². The second-order valence-electron chi connectivity index (χ2n) is 6.20. The number of guanidine groups is 1. The largest absolute Gasteiger partial charge is 0.354 e. The summed E-state index contributed by atoms with van der Waals surface area (Å²) in [5.74, 6) is 0.823. The maximum Gasteiger partial charge on any atom is 0.191 e. The minimum Gasteiger partial charge on any atom is -0.354 e. The Kier molecular flexibility index (Phi) is 10.9. The summed E-state index contributed by atoms with van der Waals surface area (Å²) in [5.41, 5.74) is 2.42. The number of aliphatic imine (C=N–C) groups is 1. The molecule has 0 aliphatic rings. The number of benzene rings is 1. The number of aryl methyl sites for hydroxylation is 2. The van der Waals surface area contributed by atoms with E-state index in [1.54, 1.807) is 11.3 Å². The monoisotopic (exact) mass is 501 g/mol. The van der Waals surface area contributed by atoms with E-state index in [0.29, 0.717) is 6.04 Å². The standard InChI is InChI=1S/C20H31N5S.HI/c1-6-25(7-2)18(17-11-9-8-10-12-17)13-22-20(21-5)23-14-19-15(3)24-16(4)26-19;/h8-12,18H,6-7,13-14H2,1-5H3,(H2,21,22,23);1H. The summed E-state index contributed by atoms with van der Waals surface area (Å²) in [7, 11) is 1.81. The second-order valence-corrected chi connectivity index (χ2v) is 7.48. The van der Waals surface area contributed by atoms with Gasteiger partial charge in [0.15, 0.2) is 5.96 Å². The Bertz CT molecular complexity index is 698. The predicted octanol–water partition coefficient (Wildman–Crippen LogP) is 4.13. The Morgan fingerprint density at radius 3 is 2.33 bits per heavy atom. The van der Waals surface area contributed by atoms with Gasteiger partial charge in [0, 0.05) is 18.5 Å². The molecule has 0 spiro atoms. The fourth-order valence-corrected chi connectivity index (χ4v) is 3.99. The molecule has 1 unspecified atom stereocenters. The normalized spacial score (nSPS) is 12.6. The first kappa shape index (κ1) is 23.8. The number of likely N-dealkylation sites (N-methyl/N-ethyl adjacent to an activating group) is 1. The molecule has 0 aliphatic carbocycles. The number of nitrogens with zero attached hydrogens (tertiary/aromatic N) is 3. The Labute approximate surface area is 184 Å². The van der Waals surface area contributed by atoms with E-state index < -0.39 is 0 Å². The van der Waals surface area contributed by atoms with Crippen LogP contribution >= 0.6 is 35.3 Å². The average molecular weight is 501 g/mol. The Morgan fingerprint density at radius 1 is 1.15 bits per heavy atom. The van der Waals surface area contributed by atoms with Crippen LogP contribution in [0, 0.1) is 13.8 Å². The maximum absolute atomic E-state index is 4.49. The Morgan fingerprint density at radius 2 is 1.81 bits per heavy atom. The van der Waals surface area contributed by atoms with Gasteiger partial charge >= 0.3 is 0 Å². The van der Waals surface area contributed by atoms with Crippen molar-refractivity contribution >= 4 is 41.3 Å². The molecule has 27 heavy (non-hydrogen) atoms. The van der Waals surface area contributed by atoms with E-state index in [-0.39, 0.29) is 24.0 Å². The lowest BCUT2D eigenvalue weighted by Crippen LogP contribution is -2.43. The van der Waals surface area contributed by atoms with Crippen LogP contribution in [0.25, 0.3) is 0 Å². The predicted molar refractivity (Wildman–Crippen MR) is 127 cm³/mol. The van der Waals surface area contributed by atoms with E-state index in [0.717, 1.165) is 42.8 Å². The van der Waals surface area contributed by atoms with Gasteiger partial charge in [0.2, 0.25) is 0 Å². The minimum atomic E-state index is 0.